The SMILES string of the molecule is COC(=O)c1c(OC)cccc1SC(=O)N(C)C.COC(=O)c1c(OC)cccc1SCc1ccsc1. The predicted molar refractivity (Wildman–Crippen MR) is 147 cm³/mol. The van der Waals surface area contributed by atoms with Crippen molar-refractivity contribution >= 4 is 52.0 Å². The summed E-state index contributed by atoms with van der Waals surface area (Å²) < 4.78 is 19.9. The molecule has 0 N–H and O–H groups in total. The number of methoxy groups -OCH3 is 4. The van der Waals surface area contributed by atoms with E-state index in [9.17, 15) is 14.4 Å². The van der Waals surface area contributed by atoms with Gasteiger partial charge in [-0.15, -0.1) is 11.8 Å². The van der Waals surface area contributed by atoms with Crippen LogP contribution < -0.4 is 9.47 Å². The first-order valence-electron chi connectivity index (χ1n) is 10.8. The fourth-order valence-electron chi connectivity index (χ4n) is 2.90. The maximum absolute atomic E-state index is 11.9. The number of thioether (sulfide) groups is 2. The number of amides is 1. The number of benzene rings is 2. The highest BCUT2D eigenvalue weighted by atomic mass is 32.2. The monoisotopic (exact) mass is 563 g/mol. The average Bonchev–Trinajstić information content (AvgIpc) is 3.44. The minimum absolute atomic E-state index is 0.173. The van der Waals surface area contributed by atoms with E-state index in [-0.39, 0.29) is 16.8 Å². The Balaban J connectivity index is 0.000000261. The third-order valence-electron chi connectivity index (χ3n) is 4.73. The van der Waals surface area contributed by atoms with E-state index in [4.69, 9.17) is 18.9 Å². The number of esters is 2. The molecule has 0 saturated heterocycles. The van der Waals surface area contributed by atoms with Crippen LogP contribution in [0.2, 0.25) is 0 Å². The molecule has 0 fully saturated rings. The first-order chi connectivity index (χ1) is 17.8. The second-order valence-electron chi connectivity index (χ2n) is 7.33. The lowest BCUT2D eigenvalue weighted by molar-refractivity contribution is 0.0584. The molecule has 11 heteroatoms. The van der Waals surface area contributed by atoms with Crippen LogP contribution >= 0.6 is 34.9 Å². The molecular weight excluding hydrogens is 534 g/mol. The molecule has 1 heterocycles. The Morgan fingerprint density at radius 1 is 0.811 bits per heavy atom. The Kier molecular flexibility index (Phi) is 12.3. The minimum Gasteiger partial charge on any atom is -0.496 e. The number of carbonyl (C=O) groups is 3. The number of ether oxygens (including phenoxy) is 4. The second kappa shape index (κ2) is 15.2. The molecule has 0 radical (unpaired) electrons. The molecule has 0 unspecified atom stereocenters. The molecule has 0 aliphatic heterocycles. The molecule has 0 aliphatic rings. The molecule has 0 bridgehead atoms. The first-order valence-corrected chi connectivity index (χ1v) is 13.5. The van der Waals surface area contributed by atoms with Crippen molar-refractivity contribution in [3.63, 3.8) is 0 Å². The maximum Gasteiger partial charge on any atom is 0.342 e. The summed E-state index contributed by atoms with van der Waals surface area (Å²) >= 11 is 4.23. The summed E-state index contributed by atoms with van der Waals surface area (Å²) in [4.78, 5) is 38.1. The van der Waals surface area contributed by atoms with Crippen LogP contribution in [-0.4, -0.2) is 64.6 Å². The highest BCUT2D eigenvalue weighted by molar-refractivity contribution is 8.13. The van der Waals surface area contributed by atoms with Crippen molar-refractivity contribution in [1.29, 1.82) is 0 Å². The maximum atomic E-state index is 11.9. The van der Waals surface area contributed by atoms with Gasteiger partial charge >= 0.3 is 11.9 Å². The highest BCUT2D eigenvalue weighted by Gasteiger charge is 2.21. The van der Waals surface area contributed by atoms with Crippen LogP contribution in [-0.2, 0) is 15.2 Å². The molecule has 3 aromatic rings. The van der Waals surface area contributed by atoms with Crippen molar-refractivity contribution in [2.45, 2.75) is 15.5 Å². The number of nitrogens with zero attached hydrogens (tertiary/aromatic N) is 1. The van der Waals surface area contributed by atoms with E-state index < -0.39 is 5.97 Å². The van der Waals surface area contributed by atoms with Gasteiger partial charge in [0.2, 0.25) is 0 Å². The Hall–Kier alpha value is -3.15. The summed E-state index contributed by atoms with van der Waals surface area (Å²) in [6.45, 7) is 0. The molecule has 1 amide bonds. The van der Waals surface area contributed by atoms with Crippen LogP contribution in [0.3, 0.4) is 0 Å². The number of hydrogen-bond acceptors (Lipinski definition) is 10. The van der Waals surface area contributed by atoms with Gasteiger partial charge < -0.3 is 23.8 Å². The molecule has 2 aromatic carbocycles. The summed E-state index contributed by atoms with van der Waals surface area (Å²) in [5.74, 6) is 0.855. The standard InChI is InChI=1S/C14H14O3S2.C12H15NO4S/c1-16-11-4-3-5-12(13(11)14(15)17-2)19-9-10-6-7-18-8-10;1-13(2)12(15)18-9-7-5-6-8(16-3)10(9)11(14)17-4/h3-8H,9H2,1-2H3;5-7H,1-4H3. The van der Waals surface area contributed by atoms with Gasteiger partial charge in [-0.3, -0.25) is 4.79 Å². The Morgan fingerprint density at radius 3 is 1.81 bits per heavy atom. The normalized spacial score (nSPS) is 10.0. The first kappa shape index (κ1) is 30.1. The zero-order valence-electron chi connectivity index (χ0n) is 21.4. The van der Waals surface area contributed by atoms with E-state index in [2.05, 4.69) is 11.4 Å². The fraction of sp³-hybridized carbons (Fsp3) is 0.269. The van der Waals surface area contributed by atoms with Crippen molar-refractivity contribution in [1.82, 2.24) is 4.90 Å². The Morgan fingerprint density at radius 2 is 1.35 bits per heavy atom. The van der Waals surface area contributed by atoms with Crippen molar-refractivity contribution < 1.29 is 33.3 Å². The van der Waals surface area contributed by atoms with E-state index >= 15 is 0 Å². The third kappa shape index (κ3) is 8.44. The molecule has 3 rings (SSSR count). The molecule has 198 valence electrons. The third-order valence-corrected chi connectivity index (χ3v) is 7.69. The number of hydrogen-bond donors (Lipinski definition) is 0. The fourth-order valence-corrected chi connectivity index (χ4v) is 5.48. The second-order valence-corrected chi connectivity index (χ2v) is 10.1. The lowest BCUT2D eigenvalue weighted by Gasteiger charge is -2.13. The quantitative estimate of drug-likeness (QED) is 0.238. The van der Waals surface area contributed by atoms with Gasteiger partial charge in [0.1, 0.15) is 22.6 Å². The van der Waals surface area contributed by atoms with Crippen LogP contribution in [0.5, 0.6) is 11.5 Å². The van der Waals surface area contributed by atoms with Crippen LogP contribution in [0.15, 0.2) is 63.0 Å². The van der Waals surface area contributed by atoms with E-state index in [1.54, 1.807) is 68.6 Å². The van der Waals surface area contributed by atoms with E-state index in [0.29, 0.717) is 22.0 Å². The number of thiophene rings is 1. The summed E-state index contributed by atoms with van der Waals surface area (Å²) in [6, 6.07) is 12.7. The molecule has 8 nitrogen and oxygen atoms in total. The van der Waals surface area contributed by atoms with Gasteiger partial charge in [-0.1, -0.05) is 12.1 Å². The van der Waals surface area contributed by atoms with Crippen LogP contribution in [0, 0.1) is 0 Å². The molecule has 0 spiro atoms. The average molecular weight is 564 g/mol. The molecule has 0 aliphatic carbocycles. The summed E-state index contributed by atoms with van der Waals surface area (Å²) in [6.07, 6.45) is 0. The van der Waals surface area contributed by atoms with Crippen molar-refractivity contribution in [3.8, 4) is 11.5 Å². The highest BCUT2D eigenvalue weighted by Crippen LogP contribution is 2.33. The minimum atomic E-state index is -0.526. The van der Waals surface area contributed by atoms with Crippen LogP contribution in [0.4, 0.5) is 4.79 Å². The Bertz CT molecular complexity index is 1200. The summed E-state index contributed by atoms with van der Waals surface area (Å²) in [5.41, 5.74) is 2.00. The summed E-state index contributed by atoms with van der Waals surface area (Å²) in [5, 5.41) is 3.97. The van der Waals surface area contributed by atoms with Crippen LogP contribution in [0.25, 0.3) is 0 Å². The van der Waals surface area contributed by atoms with Gasteiger partial charge in [-0.2, -0.15) is 11.3 Å². The lowest BCUT2D eigenvalue weighted by atomic mass is 10.2. The lowest BCUT2D eigenvalue weighted by Crippen LogP contribution is -2.17. The zero-order chi connectivity index (χ0) is 27.4. The van der Waals surface area contributed by atoms with Gasteiger partial charge in [0.25, 0.3) is 5.24 Å². The van der Waals surface area contributed by atoms with Gasteiger partial charge in [0, 0.05) is 29.6 Å². The summed E-state index contributed by atoms with van der Waals surface area (Å²) in [7, 11) is 8.97. The largest absolute Gasteiger partial charge is 0.496 e. The van der Waals surface area contributed by atoms with Crippen molar-refractivity contribution in [2.75, 3.05) is 42.5 Å². The van der Waals surface area contributed by atoms with E-state index in [1.165, 1.54) is 31.8 Å². The topological polar surface area (TPSA) is 91.4 Å². The number of carbonyl (C=O) groups excluding carboxylic acids is 3. The van der Waals surface area contributed by atoms with Gasteiger partial charge in [0.05, 0.1) is 28.4 Å². The smallest absolute Gasteiger partial charge is 0.342 e. The Labute approximate surface area is 229 Å². The van der Waals surface area contributed by atoms with Crippen LogP contribution in [0.1, 0.15) is 26.3 Å². The zero-order valence-corrected chi connectivity index (χ0v) is 23.9. The molecule has 0 atom stereocenters. The molecule has 0 saturated carbocycles. The van der Waals surface area contributed by atoms with Crippen molar-refractivity contribution in [2.24, 2.45) is 0 Å². The molecular formula is C26H29NO7S3. The van der Waals surface area contributed by atoms with E-state index in [0.717, 1.165) is 22.4 Å². The van der Waals surface area contributed by atoms with Gasteiger partial charge in [0.15, 0.2) is 0 Å². The van der Waals surface area contributed by atoms with Gasteiger partial charge in [-0.05, 0) is 58.4 Å². The number of rotatable bonds is 8. The van der Waals surface area contributed by atoms with E-state index in [1.807, 2.05) is 17.5 Å². The van der Waals surface area contributed by atoms with Crippen molar-refractivity contribution in [3.05, 3.63) is 69.9 Å². The molecule has 37 heavy (non-hydrogen) atoms. The molecule has 1 aromatic heterocycles. The predicted octanol–water partition coefficient (Wildman–Crippen LogP) is 6.09. The van der Waals surface area contributed by atoms with Gasteiger partial charge in [-0.25, -0.2) is 9.59 Å².